The lowest BCUT2D eigenvalue weighted by atomic mass is 9.83. The summed E-state index contributed by atoms with van der Waals surface area (Å²) in [5, 5.41) is 10.8. The molecule has 1 N–H and O–H groups in total. The first-order chi connectivity index (χ1) is 9.10. The maximum absolute atomic E-state index is 10.8. The fourth-order valence-corrected chi connectivity index (χ4v) is 2.85. The predicted octanol–water partition coefficient (Wildman–Crippen LogP) is 2.64. The van der Waals surface area contributed by atoms with E-state index in [2.05, 4.69) is 4.90 Å². The first-order valence-electron chi connectivity index (χ1n) is 7.15. The normalized spacial score (nSPS) is 27.7. The number of rotatable bonds is 5. The maximum atomic E-state index is 10.8. The second-order valence-corrected chi connectivity index (χ2v) is 5.82. The molecule has 1 aliphatic rings. The SMILES string of the molecule is CN(C)CC1CCCCC1(O)OCc1ccccc1. The highest BCUT2D eigenvalue weighted by Crippen LogP contribution is 2.35. The average Bonchev–Trinajstić information content (AvgIpc) is 2.40. The zero-order chi connectivity index (χ0) is 13.7. The fourth-order valence-electron chi connectivity index (χ4n) is 2.85. The molecule has 1 aromatic carbocycles. The number of benzene rings is 1. The van der Waals surface area contributed by atoms with Gasteiger partial charge in [0.15, 0.2) is 5.79 Å². The highest BCUT2D eigenvalue weighted by Gasteiger charge is 2.40. The van der Waals surface area contributed by atoms with E-state index in [0.717, 1.165) is 31.4 Å². The maximum Gasteiger partial charge on any atom is 0.169 e. The van der Waals surface area contributed by atoms with Crippen LogP contribution in [0.4, 0.5) is 0 Å². The van der Waals surface area contributed by atoms with Crippen LogP contribution in [-0.2, 0) is 11.3 Å². The van der Waals surface area contributed by atoms with E-state index in [1.54, 1.807) is 0 Å². The summed E-state index contributed by atoms with van der Waals surface area (Å²) in [6, 6.07) is 10.1. The molecule has 0 aliphatic heterocycles. The van der Waals surface area contributed by atoms with Crippen LogP contribution in [0.3, 0.4) is 0 Å². The first-order valence-corrected chi connectivity index (χ1v) is 7.15. The Morgan fingerprint density at radius 2 is 2.00 bits per heavy atom. The van der Waals surface area contributed by atoms with Gasteiger partial charge < -0.3 is 14.7 Å². The first kappa shape index (κ1) is 14.5. The van der Waals surface area contributed by atoms with Crippen molar-refractivity contribution >= 4 is 0 Å². The molecule has 0 amide bonds. The third-order valence-corrected chi connectivity index (χ3v) is 3.89. The van der Waals surface area contributed by atoms with E-state index in [1.165, 1.54) is 6.42 Å². The Morgan fingerprint density at radius 1 is 1.26 bits per heavy atom. The van der Waals surface area contributed by atoms with Gasteiger partial charge in [-0.1, -0.05) is 36.8 Å². The van der Waals surface area contributed by atoms with E-state index in [9.17, 15) is 5.11 Å². The second-order valence-electron chi connectivity index (χ2n) is 5.82. The van der Waals surface area contributed by atoms with Crippen molar-refractivity contribution in [1.82, 2.24) is 4.90 Å². The fraction of sp³-hybridized carbons (Fsp3) is 0.625. The van der Waals surface area contributed by atoms with Crippen LogP contribution >= 0.6 is 0 Å². The highest BCUT2D eigenvalue weighted by atomic mass is 16.6. The van der Waals surface area contributed by atoms with Gasteiger partial charge in [0.25, 0.3) is 0 Å². The average molecular weight is 263 g/mol. The van der Waals surface area contributed by atoms with Gasteiger partial charge in [0, 0.05) is 18.9 Å². The Morgan fingerprint density at radius 3 is 2.68 bits per heavy atom. The van der Waals surface area contributed by atoms with Crippen molar-refractivity contribution in [3.05, 3.63) is 35.9 Å². The molecule has 1 saturated carbocycles. The van der Waals surface area contributed by atoms with E-state index >= 15 is 0 Å². The Hall–Kier alpha value is -0.900. The minimum atomic E-state index is -0.960. The van der Waals surface area contributed by atoms with Crippen molar-refractivity contribution in [2.45, 2.75) is 38.1 Å². The van der Waals surface area contributed by atoms with E-state index in [1.807, 2.05) is 44.4 Å². The number of nitrogens with zero attached hydrogens (tertiary/aromatic N) is 1. The van der Waals surface area contributed by atoms with Gasteiger partial charge in [0.05, 0.1) is 6.61 Å². The zero-order valence-corrected chi connectivity index (χ0v) is 12.0. The van der Waals surface area contributed by atoms with Crippen molar-refractivity contribution in [3.8, 4) is 0 Å². The van der Waals surface area contributed by atoms with Gasteiger partial charge in [-0.25, -0.2) is 0 Å². The summed E-state index contributed by atoms with van der Waals surface area (Å²) in [5.41, 5.74) is 1.12. The smallest absolute Gasteiger partial charge is 0.169 e. The van der Waals surface area contributed by atoms with Crippen LogP contribution in [0.2, 0.25) is 0 Å². The number of ether oxygens (including phenoxy) is 1. The van der Waals surface area contributed by atoms with Crippen LogP contribution in [0, 0.1) is 5.92 Å². The lowest BCUT2D eigenvalue weighted by molar-refractivity contribution is -0.259. The standard InChI is InChI=1S/C16H25NO2/c1-17(2)12-15-10-6-7-11-16(15,18)19-13-14-8-4-3-5-9-14/h3-5,8-9,15,18H,6-7,10-13H2,1-2H3. The Labute approximate surface area is 116 Å². The van der Waals surface area contributed by atoms with Crippen molar-refractivity contribution < 1.29 is 9.84 Å². The van der Waals surface area contributed by atoms with Gasteiger partial charge in [0.1, 0.15) is 0 Å². The number of hydrogen-bond acceptors (Lipinski definition) is 3. The second kappa shape index (κ2) is 6.51. The lowest BCUT2D eigenvalue weighted by Gasteiger charge is -2.40. The molecule has 106 valence electrons. The Balaban J connectivity index is 1.97. The Bertz CT molecular complexity index is 380. The molecule has 0 bridgehead atoms. The number of aliphatic hydroxyl groups is 1. The lowest BCUT2D eigenvalue weighted by Crippen LogP contribution is -2.47. The molecule has 1 fully saturated rings. The van der Waals surface area contributed by atoms with Crippen LogP contribution in [-0.4, -0.2) is 36.4 Å². The summed E-state index contributed by atoms with van der Waals surface area (Å²) in [6.07, 6.45) is 4.03. The molecular formula is C16H25NO2. The largest absolute Gasteiger partial charge is 0.365 e. The zero-order valence-electron chi connectivity index (χ0n) is 12.0. The van der Waals surface area contributed by atoms with Gasteiger partial charge in [-0.15, -0.1) is 0 Å². The topological polar surface area (TPSA) is 32.7 Å². The van der Waals surface area contributed by atoms with Gasteiger partial charge >= 0.3 is 0 Å². The molecule has 1 aromatic rings. The highest BCUT2D eigenvalue weighted by molar-refractivity contribution is 5.13. The quantitative estimate of drug-likeness (QED) is 0.829. The predicted molar refractivity (Wildman–Crippen MR) is 76.7 cm³/mol. The summed E-state index contributed by atoms with van der Waals surface area (Å²) in [6.45, 7) is 1.37. The van der Waals surface area contributed by atoms with Crippen LogP contribution in [0.1, 0.15) is 31.2 Å². The number of hydrogen-bond donors (Lipinski definition) is 1. The van der Waals surface area contributed by atoms with Crippen LogP contribution < -0.4 is 0 Å². The molecule has 2 unspecified atom stereocenters. The summed E-state index contributed by atoms with van der Waals surface area (Å²) in [4.78, 5) is 2.13. The molecule has 2 atom stereocenters. The van der Waals surface area contributed by atoms with Crippen molar-refractivity contribution in [3.63, 3.8) is 0 Å². The molecule has 1 aliphatic carbocycles. The molecule has 0 aromatic heterocycles. The van der Waals surface area contributed by atoms with Crippen LogP contribution in [0.15, 0.2) is 30.3 Å². The minimum Gasteiger partial charge on any atom is -0.365 e. The molecule has 3 nitrogen and oxygen atoms in total. The Kier molecular flexibility index (Phi) is 4.97. The third-order valence-electron chi connectivity index (χ3n) is 3.89. The molecule has 0 spiro atoms. The molecule has 19 heavy (non-hydrogen) atoms. The minimum absolute atomic E-state index is 0.208. The van der Waals surface area contributed by atoms with Crippen molar-refractivity contribution in [1.29, 1.82) is 0 Å². The molecular weight excluding hydrogens is 238 g/mol. The molecule has 2 rings (SSSR count). The summed E-state index contributed by atoms with van der Waals surface area (Å²) in [5.74, 6) is -0.752. The van der Waals surface area contributed by atoms with Gasteiger partial charge in [0.2, 0.25) is 0 Å². The molecule has 3 heteroatoms. The van der Waals surface area contributed by atoms with Crippen LogP contribution in [0.25, 0.3) is 0 Å². The van der Waals surface area contributed by atoms with Crippen LogP contribution in [0.5, 0.6) is 0 Å². The summed E-state index contributed by atoms with van der Waals surface area (Å²) < 4.78 is 5.90. The van der Waals surface area contributed by atoms with Crippen molar-refractivity contribution in [2.75, 3.05) is 20.6 Å². The van der Waals surface area contributed by atoms with E-state index in [4.69, 9.17) is 4.74 Å². The monoisotopic (exact) mass is 263 g/mol. The van der Waals surface area contributed by atoms with E-state index in [-0.39, 0.29) is 5.92 Å². The van der Waals surface area contributed by atoms with Gasteiger partial charge in [-0.3, -0.25) is 0 Å². The molecule has 0 saturated heterocycles. The van der Waals surface area contributed by atoms with Gasteiger partial charge in [-0.05, 0) is 32.5 Å². The molecule has 0 radical (unpaired) electrons. The van der Waals surface area contributed by atoms with E-state index < -0.39 is 5.79 Å². The third kappa shape index (κ3) is 4.03. The van der Waals surface area contributed by atoms with Gasteiger partial charge in [-0.2, -0.15) is 0 Å². The van der Waals surface area contributed by atoms with Crippen molar-refractivity contribution in [2.24, 2.45) is 5.92 Å². The summed E-state index contributed by atoms with van der Waals surface area (Å²) >= 11 is 0. The molecule has 0 heterocycles. The van der Waals surface area contributed by atoms with E-state index in [0.29, 0.717) is 6.61 Å². The summed E-state index contributed by atoms with van der Waals surface area (Å²) in [7, 11) is 4.10.